The first-order valence-electron chi connectivity index (χ1n) is 2.66. The van der Waals surface area contributed by atoms with Gasteiger partial charge in [-0.05, 0) is 0 Å². The minimum atomic E-state index is -5.02. The van der Waals surface area contributed by atoms with Crippen molar-refractivity contribution >= 4 is 26.8 Å². The van der Waals surface area contributed by atoms with Crippen LogP contribution < -0.4 is 0 Å². The third-order valence-electron chi connectivity index (χ3n) is 0.374. The normalized spacial score (nSPS) is 11.1. The number of carbonyl (C=O) groups is 1. The molecule has 0 bridgehead atoms. The summed E-state index contributed by atoms with van der Waals surface area (Å²) < 4.78 is 58.9. The van der Waals surface area contributed by atoms with Gasteiger partial charge in [0.25, 0.3) is 0 Å². The summed E-state index contributed by atoms with van der Waals surface area (Å²) in [7, 11) is -10.0. The summed E-state index contributed by atoms with van der Waals surface area (Å²) in [6.45, 7) is 2.96. The predicted octanol–water partition coefficient (Wildman–Crippen LogP) is -1.20. The molecule has 0 radical (unpaired) electrons. The predicted molar refractivity (Wildman–Crippen MR) is 43.1 cm³/mol. The van der Waals surface area contributed by atoms with Crippen molar-refractivity contribution in [3.63, 3.8) is 0 Å². The summed E-state index contributed by atoms with van der Waals surface area (Å²) >= 11 is 0. The monoisotopic (exact) mass is 266 g/mol. The minimum absolute atomic E-state index is 0.833. The van der Waals surface area contributed by atoms with E-state index in [0.29, 0.717) is 0 Å². The molecule has 0 aliphatic carbocycles. The molecule has 0 saturated heterocycles. The van der Waals surface area contributed by atoms with Gasteiger partial charge in [-0.3, -0.25) is 9.11 Å². The molecule has 0 aromatic rings. The van der Waals surface area contributed by atoms with Crippen LogP contribution in [-0.4, -0.2) is 37.0 Å². The molecule has 10 nitrogen and oxygen atoms in total. The van der Waals surface area contributed by atoms with Gasteiger partial charge in [0.1, 0.15) is 0 Å². The second kappa shape index (κ2) is 6.44. The summed E-state index contributed by atoms with van der Waals surface area (Å²) in [6.07, 6.45) is 0.833. The Balaban J connectivity index is 0. The average molecular weight is 266 g/mol. The largest absolute Gasteiger partial charge is 0.478 e. The van der Waals surface area contributed by atoms with E-state index in [-0.39, 0.29) is 0 Å². The van der Waals surface area contributed by atoms with E-state index in [1.165, 1.54) is 0 Å². The van der Waals surface area contributed by atoms with E-state index in [2.05, 4.69) is 15.2 Å². The lowest BCUT2D eigenvalue weighted by molar-refractivity contribution is -0.131. The van der Waals surface area contributed by atoms with E-state index < -0.39 is 26.8 Å². The van der Waals surface area contributed by atoms with Gasteiger partial charge in [0.15, 0.2) is 0 Å². The zero-order chi connectivity index (χ0) is 12.7. The molecular weight excluding hydrogens is 260 g/mol. The van der Waals surface area contributed by atoms with E-state index in [4.69, 9.17) is 14.2 Å². The fraction of sp³-hybridized carbons (Fsp3) is 0. The van der Waals surface area contributed by atoms with Crippen LogP contribution in [0.1, 0.15) is 0 Å². The van der Waals surface area contributed by atoms with Crippen LogP contribution in [0.2, 0.25) is 0 Å². The van der Waals surface area contributed by atoms with Crippen molar-refractivity contribution in [3.8, 4) is 0 Å². The van der Waals surface area contributed by atoms with Crippen LogP contribution in [0, 0.1) is 0 Å². The van der Waals surface area contributed by atoms with Gasteiger partial charge < -0.3 is 5.11 Å². The van der Waals surface area contributed by atoms with E-state index >= 15 is 0 Å². The van der Waals surface area contributed by atoms with Gasteiger partial charge in [0.05, 0.1) is 0 Å². The summed E-state index contributed by atoms with van der Waals surface area (Å²) in [5, 5.41) is 7.60. The lowest BCUT2D eigenvalue weighted by Gasteiger charge is -1.92. The molecule has 0 aromatic carbocycles. The molecule has 90 valence electrons. The quantitative estimate of drug-likeness (QED) is 0.243. The summed E-state index contributed by atoms with van der Waals surface area (Å²) in [4.78, 5) is 9.25. The standard InChI is InChI=1S/C3H4O2.H2O8S2/c1-2-3(4)5;1-9(2,3)7-8-10(4,5)6/h2H,1H2,(H,4,5);(H,1,2,3)(H,4,5,6). The molecule has 0 heterocycles. The van der Waals surface area contributed by atoms with Crippen molar-refractivity contribution in [2.24, 2.45) is 0 Å². The Kier molecular flexibility index (Phi) is 7.03. The fourth-order valence-corrected chi connectivity index (χ4v) is 0.632. The number of carboxylic acid groups (broad SMARTS) is 1. The maximum Gasteiger partial charge on any atom is 0.425 e. The second-order valence-electron chi connectivity index (χ2n) is 1.53. The van der Waals surface area contributed by atoms with Crippen LogP contribution >= 0.6 is 0 Å². The molecule has 0 fully saturated rings. The Hall–Kier alpha value is -1.05. The van der Waals surface area contributed by atoms with Crippen molar-refractivity contribution in [2.75, 3.05) is 0 Å². The summed E-state index contributed by atoms with van der Waals surface area (Å²) in [5.41, 5.74) is 0. The van der Waals surface area contributed by atoms with Crippen molar-refractivity contribution in [1.82, 2.24) is 0 Å². The van der Waals surface area contributed by atoms with Crippen molar-refractivity contribution in [1.29, 1.82) is 0 Å². The average Bonchev–Trinajstić information content (AvgIpc) is 2.00. The number of aliphatic carboxylic acids is 1. The van der Waals surface area contributed by atoms with E-state index in [1.54, 1.807) is 0 Å². The molecule has 3 N–H and O–H groups in total. The molecule has 0 amide bonds. The van der Waals surface area contributed by atoms with E-state index in [0.717, 1.165) is 6.08 Å². The molecule has 0 saturated carbocycles. The second-order valence-corrected chi connectivity index (χ2v) is 3.52. The molecular formula is C3H6O10S2. The Bertz CT molecular complexity index is 368. The van der Waals surface area contributed by atoms with Crippen molar-refractivity contribution in [3.05, 3.63) is 12.7 Å². The first-order valence-corrected chi connectivity index (χ1v) is 5.39. The molecule has 0 rings (SSSR count). The van der Waals surface area contributed by atoms with Gasteiger partial charge in [0, 0.05) is 6.08 Å². The maximum absolute atomic E-state index is 9.51. The number of rotatable bonds is 4. The first kappa shape index (κ1) is 16.4. The highest BCUT2D eigenvalue weighted by Crippen LogP contribution is 1.92. The number of carboxylic acids is 1. The highest BCUT2D eigenvalue weighted by molar-refractivity contribution is 7.83. The Morgan fingerprint density at radius 3 is 1.33 bits per heavy atom. The third kappa shape index (κ3) is 24.6. The fourth-order valence-electron chi connectivity index (χ4n) is 0.0702. The van der Waals surface area contributed by atoms with Gasteiger partial charge in [-0.15, -0.1) is 0 Å². The van der Waals surface area contributed by atoms with Crippen LogP contribution in [0.3, 0.4) is 0 Å². The molecule has 12 heteroatoms. The van der Waals surface area contributed by atoms with Gasteiger partial charge in [-0.25, -0.2) is 4.79 Å². The molecule has 0 unspecified atom stereocenters. The van der Waals surface area contributed by atoms with Crippen LogP contribution in [0.25, 0.3) is 0 Å². The minimum Gasteiger partial charge on any atom is -0.478 e. The maximum atomic E-state index is 9.51. The summed E-state index contributed by atoms with van der Waals surface area (Å²) in [5.74, 6) is -0.981. The first-order chi connectivity index (χ1) is 6.48. The van der Waals surface area contributed by atoms with Gasteiger partial charge >= 0.3 is 26.8 Å². The molecule has 15 heavy (non-hydrogen) atoms. The highest BCUT2D eigenvalue weighted by Gasteiger charge is 2.13. The Morgan fingerprint density at radius 1 is 1.07 bits per heavy atom. The molecule has 0 spiro atoms. The zero-order valence-electron chi connectivity index (χ0n) is 6.80. The molecule has 0 aliphatic heterocycles. The van der Waals surface area contributed by atoms with Crippen LogP contribution in [-0.2, 0) is 34.3 Å². The topological polar surface area (TPSA) is 164 Å². The Labute approximate surface area is 84.6 Å². The van der Waals surface area contributed by atoms with E-state index in [1.807, 2.05) is 0 Å². The molecule has 0 aliphatic rings. The number of hydrogen-bond acceptors (Lipinski definition) is 7. The lowest BCUT2D eigenvalue weighted by atomic mass is 10.7. The molecule has 0 aromatic heterocycles. The van der Waals surface area contributed by atoms with Gasteiger partial charge in [-0.2, -0.15) is 16.8 Å². The van der Waals surface area contributed by atoms with Crippen LogP contribution in [0.5, 0.6) is 0 Å². The van der Waals surface area contributed by atoms with Gasteiger partial charge in [0.2, 0.25) is 0 Å². The van der Waals surface area contributed by atoms with Crippen LogP contribution in [0.15, 0.2) is 12.7 Å². The SMILES string of the molecule is C=CC(=O)O.O=S(=O)(O)OOS(=O)(=O)O. The number of hydrogen-bond donors (Lipinski definition) is 3. The summed E-state index contributed by atoms with van der Waals surface area (Å²) in [6, 6.07) is 0. The smallest absolute Gasteiger partial charge is 0.425 e. The molecule has 0 atom stereocenters. The van der Waals surface area contributed by atoms with E-state index in [9.17, 15) is 21.6 Å². The lowest BCUT2D eigenvalue weighted by Crippen LogP contribution is -2.10. The van der Waals surface area contributed by atoms with Crippen molar-refractivity contribution < 1.29 is 44.5 Å². The Morgan fingerprint density at radius 2 is 1.27 bits per heavy atom. The third-order valence-corrected chi connectivity index (χ3v) is 0.941. The highest BCUT2D eigenvalue weighted by atomic mass is 32.3. The van der Waals surface area contributed by atoms with Gasteiger partial charge in [-0.1, -0.05) is 15.2 Å². The van der Waals surface area contributed by atoms with Crippen LogP contribution in [0.4, 0.5) is 0 Å². The zero-order valence-corrected chi connectivity index (χ0v) is 8.43. The van der Waals surface area contributed by atoms with Crippen molar-refractivity contribution in [2.45, 2.75) is 0 Å².